The maximum Gasteiger partial charge on any atom is 0.251 e. The number of nitrogens with zero attached hydrogens (tertiary/aromatic N) is 2. The third kappa shape index (κ3) is 3.67. The number of carbonyl (C=O) groups excluding carboxylic acids is 1. The molecular weight excluding hydrogens is 258 g/mol. The Kier molecular flexibility index (Phi) is 4.47. The van der Waals surface area contributed by atoms with Gasteiger partial charge >= 0.3 is 0 Å². The van der Waals surface area contributed by atoms with Crippen LogP contribution in [0.4, 0.5) is 0 Å². The van der Waals surface area contributed by atoms with Crippen molar-refractivity contribution in [1.29, 1.82) is 0 Å². The fourth-order valence-electron chi connectivity index (χ4n) is 1.52. The molecule has 0 bridgehead atoms. The number of aliphatic hydroxyl groups excluding tert-OH is 1. The largest absolute Gasteiger partial charge is 0.384 e. The van der Waals surface area contributed by atoms with Crippen molar-refractivity contribution in [2.75, 3.05) is 6.61 Å². The van der Waals surface area contributed by atoms with E-state index in [4.69, 9.17) is 9.63 Å². The average Bonchev–Trinajstić information content (AvgIpc) is 2.89. The number of rotatable bonds is 3. The second-order valence-electron chi connectivity index (χ2n) is 3.96. The average molecular weight is 271 g/mol. The van der Waals surface area contributed by atoms with Gasteiger partial charge in [-0.15, -0.1) is 0 Å². The molecule has 0 fully saturated rings. The van der Waals surface area contributed by atoms with E-state index in [2.05, 4.69) is 27.3 Å². The highest BCUT2D eigenvalue weighted by Crippen LogP contribution is 2.04. The molecule has 0 aliphatic carbocycles. The molecule has 0 aliphatic heterocycles. The van der Waals surface area contributed by atoms with Crippen LogP contribution in [-0.4, -0.2) is 27.8 Å². The lowest BCUT2D eigenvalue weighted by Gasteiger charge is -2.02. The van der Waals surface area contributed by atoms with Gasteiger partial charge in [-0.25, -0.2) is 0 Å². The zero-order chi connectivity index (χ0) is 14.4. The van der Waals surface area contributed by atoms with Crippen LogP contribution in [0.5, 0.6) is 0 Å². The van der Waals surface area contributed by atoms with Crippen LogP contribution in [0.3, 0.4) is 0 Å². The van der Waals surface area contributed by atoms with Crippen molar-refractivity contribution in [2.45, 2.75) is 13.5 Å². The molecule has 0 unspecified atom stereocenters. The molecule has 6 heteroatoms. The van der Waals surface area contributed by atoms with Crippen molar-refractivity contribution in [3.8, 4) is 11.8 Å². The summed E-state index contributed by atoms with van der Waals surface area (Å²) in [7, 11) is 0. The van der Waals surface area contributed by atoms with Crippen LogP contribution in [0.1, 0.15) is 27.6 Å². The number of nitrogens with one attached hydrogen (secondary N) is 1. The van der Waals surface area contributed by atoms with Crippen LogP contribution in [-0.2, 0) is 6.54 Å². The van der Waals surface area contributed by atoms with Crippen LogP contribution >= 0.6 is 0 Å². The van der Waals surface area contributed by atoms with Crippen LogP contribution in [0.2, 0.25) is 0 Å². The molecule has 2 aromatic rings. The zero-order valence-electron chi connectivity index (χ0n) is 10.9. The molecule has 1 aromatic carbocycles. The Bertz CT molecular complexity index is 650. The van der Waals surface area contributed by atoms with E-state index in [1.54, 1.807) is 31.2 Å². The normalized spacial score (nSPS) is 9.70. The number of hydrogen-bond donors (Lipinski definition) is 2. The summed E-state index contributed by atoms with van der Waals surface area (Å²) in [5, 5.41) is 14.9. The van der Waals surface area contributed by atoms with Crippen molar-refractivity contribution in [3.05, 3.63) is 47.1 Å². The SMILES string of the molecule is Cc1noc(CNC(=O)c2ccc(C#CCO)cc2)n1. The number of carbonyl (C=O) groups is 1. The maximum absolute atomic E-state index is 11.9. The summed E-state index contributed by atoms with van der Waals surface area (Å²) < 4.78 is 4.90. The van der Waals surface area contributed by atoms with E-state index in [9.17, 15) is 4.79 Å². The Labute approximate surface area is 115 Å². The summed E-state index contributed by atoms with van der Waals surface area (Å²) >= 11 is 0. The van der Waals surface area contributed by atoms with Gasteiger partial charge in [-0.05, 0) is 31.2 Å². The lowest BCUT2D eigenvalue weighted by Crippen LogP contribution is -2.22. The Morgan fingerprint density at radius 2 is 2.15 bits per heavy atom. The van der Waals surface area contributed by atoms with E-state index < -0.39 is 0 Å². The van der Waals surface area contributed by atoms with Gasteiger partial charge in [-0.1, -0.05) is 17.0 Å². The number of aliphatic hydroxyl groups is 1. The highest BCUT2D eigenvalue weighted by atomic mass is 16.5. The molecule has 0 aliphatic rings. The summed E-state index contributed by atoms with van der Waals surface area (Å²) in [6, 6.07) is 6.76. The Hall–Kier alpha value is -2.65. The Morgan fingerprint density at radius 1 is 1.40 bits per heavy atom. The molecule has 0 saturated carbocycles. The van der Waals surface area contributed by atoms with Crippen molar-refractivity contribution in [3.63, 3.8) is 0 Å². The predicted octanol–water partition coefficient (Wildman–Crippen LogP) is 0.652. The summed E-state index contributed by atoms with van der Waals surface area (Å²) in [5.74, 6) is 5.95. The molecule has 0 atom stereocenters. The van der Waals surface area contributed by atoms with Gasteiger partial charge in [-0.2, -0.15) is 4.98 Å². The van der Waals surface area contributed by atoms with Gasteiger partial charge in [0.1, 0.15) is 6.61 Å². The predicted molar refractivity (Wildman–Crippen MR) is 70.6 cm³/mol. The summed E-state index contributed by atoms with van der Waals surface area (Å²) in [6.07, 6.45) is 0. The van der Waals surface area contributed by atoms with Crippen LogP contribution in [0, 0.1) is 18.8 Å². The highest BCUT2D eigenvalue weighted by Gasteiger charge is 2.07. The van der Waals surface area contributed by atoms with Crippen molar-refractivity contribution in [1.82, 2.24) is 15.5 Å². The van der Waals surface area contributed by atoms with Crippen molar-refractivity contribution < 1.29 is 14.4 Å². The summed E-state index contributed by atoms with van der Waals surface area (Å²) in [6.45, 7) is 1.71. The van der Waals surface area contributed by atoms with Gasteiger partial charge < -0.3 is 14.9 Å². The van der Waals surface area contributed by atoms with E-state index >= 15 is 0 Å². The maximum atomic E-state index is 11.9. The fourth-order valence-corrected chi connectivity index (χ4v) is 1.52. The van der Waals surface area contributed by atoms with E-state index in [1.165, 1.54) is 0 Å². The lowest BCUT2D eigenvalue weighted by molar-refractivity contribution is 0.0946. The minimum Gasteiger partial charge on any atom is -0.384 e. The first kappa shape index (κ1) is 13.8. The molecule has 0 radical (unpaired) electrons. The first-order valence-electron chi connectivity index (χ1n) is 5.96. The van der Waals surface area contributed by atoms with Crippen LogP contribution < -0.4 is 5.32 Å². The fraction of sp³-hybridized carbons (Fsp3) is 0.214. The number of aryl methyl sites for hydroxylation is 1. The van der Waals surface area contributed by atoms with Crippen molar-refractivity contribution >= 4 is 5.91 Å². The third-order valence-electron chi connectivity index (χ3n) is 2.43. The van der Waals surface area contributed by atoms with Gasteiger partial charge in [0.2, 0.25) is 5.89 Å². The molecule has 0 saturated heterocycles. The molecule has 2 rings (SSSR count). The molecular formula is C14H13N3O3. The van der Waals surface area contributed by atoms with E-state index in [-0.39, 0.29) is 19.1 Å². The quantitative estimate of drug-likeness (QED) is 0.800. The third-order valence-corrected chi connectivity index (χ3v) is 2.43. The van der Waals surface area contributed by atoms with E-state index in [0.717, 1.165) is 5.56 Å². The number of hydrogen-bond acceptors (Lipinski definition) is 5. The minimum atomic E-state index is -0.234. The number of amides is 1. The standard InChI is InChI=1S/C14H13N3O3/c1-10-16-13(20-17-10)9-15-14(19)12-6-4-11(5-7-12)3-2-8-18/h4-7,18H,8-9H2,1H3,(H,15,19). The van der Waals surface area contributed by atoms with Crippen molar-refractivity contribution in [2.24, 2.45) is 0 Å². The first-order chi connectivity index (χ1) is 9.69. The molecule has 6 nitrogen and oxygen atoms in total. The number of benzene rings is 1. The van der Waals surface area contributed by atoms with Crippen LogP contribution in [0.25, 0.3) is 0 Å². The smallest absolute Gasteiger partial charge is 0.251 e. The molecule has 1 heterocycles. The van der Waals surface area contributed by atoms with Gasteiger partial charge in [-0.3, -0.25) is 4.79 Å². The Morgan fingerprint density at radius 3 is 2.75 bits per heavy atom. The number of aromatic nitrogens is 2. The molecule has 1 aromatic heterocycles. The molecule has 20 heavy (non-hydrogen) atoms. The molecule has 102 valence electrons. The second-order valence-corrected chi connectivity index (χ2v) is 3.96. The molecule has 1 amide bonds. The van der Waals surface area contributed by atoms with Gasteiger partial charge in [0.25, 0.3) is 5.91 Å². The van der Waals surface area contributed by atoms with Crippen LogP contribution in [0.15, 0.2) is 28.8 Å². The zero-order valence-corrected chi connectivity index (χ0v) is 10.9. The monoisotopic (exact) mass is 271 g/mol. The first-order valence-corrected chi connectivity index (χ1v) is 5.96. The summed E-state index contributed by atoms with van der Waals surface area (Å²) in [4.78, 5) is 15.9. The lowest BCUT2D eigenvalue weighted by atomic mass is 10.1. The van der Waals surface area contributed by atoms with Gasteiger partial charge in [0, 0.05) is 11.1 Å². The topological polar surface area (TPSA) is 88.2 Å². The van der Waals surface area contributed by atoms with Gasteiger partial charge in [0.15, 0.2) is 5.82 Å². The Balaban J connectivity index is 1.95. The summed E-state index contributed by atoms with van der Waals surface area (Å²) in [5.41, 5.74) is 1.25. The van der Waals surface area contributed by atoms with E-state index in [1.807, 2.05) is 0 Å². The molecule has 2 N–H and O–H groups in total. The highest BCUT2D eigenvalue weighted by molar-refractivity contribution is 5.94. The second kappa shape index (κ2) is 6.50. The molecule has 0 spiro atoms. The van der Waals surface area contributed by atoms with Gasteiger partial charge in [0.05, 0.1) is 6.54 Å². The minimum absolute atomic E-state index is 0.186. The van der Waals surface area contributed by atoms with E-state index in [0.29, 0.717) is 17.3 Å².